The van der Waals surface area contributed by atoms with E-state index in [1.807, 2.05) is 36.4 Å². The number of rotatable bonds is 4. The van der Waals surface area contributed by atoms with E-state index in [1.165, 1.54) is 0 Å². The minimum absolute atomic E-state index is 0.279. The average Bonchev–Trinajstić information content (AvgIpc) is 2.63. The quantitative estimate of drug-likeness (QED) is 0.764. The number of amides is 1. The van der Waals surface area contributed by atoms with Crippen molar-refractivity contribution in [2.75, 3.05) is 10.6 Å². The van der Waals surface area contributed by atoms with Crippen LogP contribution in [0.4, 0.5) is 17.1 Å². The van der Waals surface area contributed by atoms with E-state index < -0.39 is 0 Å². The van der Waals surface area contributed by atoms with Crippen LogP contribution in [0, 0.1) is 11.3 Å². The van der Waals surface area contributed by atoms with Crippen LogP contribution >= 0.6 is 0 Å². The number of nitrogens with one attached hydrogen (secondary N) is 2. The molecule has 5 heteroatoms. The number of pyridine rings is 1. The van der Waals surface area contributed by atoms with E-state index in [2.05, 4.69) is 15.6 Å². The summed E-state index contributed by atoms with van der Waals surface area (Å²) < 4.78 is 0. The Morgan fingerprint density at radius 3 is 2.38 bits per heavy atom. The molecule has 0 aliphatic carbocycles. The molecular formula is C19H14N4O. The first kappa shape index (κ1) is 15.3. The van der Waals surface area contributed by atoms with Crippen LogP contribution in [0.3, 0.4) is 0 Å². The zero-order chi connectivity index (χ0) is 16.8. The monoisotopic (exact) mass is 314 g/mol. The van der Waals surface area contributed by atoms with E-state index in [9.17, 15) is 4.79 Å². The summed E-state index contributed by atoms with van der Waals surface area (Å²) >= 11 is 0. The third kappa shape index (κ3) is 3.57. The molecule has 0 aliphatic rings. The number of carbonyl (C=O) groups excluding carboxylic acids is 1. The number of hydrogen-bond acceptors (Lipinski definition) is 4. The van der Waals surface area contributed by atoms with Crippen LogP contribution in [-0.4, -0.2) is 10.9 Å². The summed E-state index contributed by atoms with van der Waals surface area (Å²) in [5.74, 6) is -0.357. The molecule has 0 fully saturated rings. The molecule has 3 rings (SSSR count). The van der Waals surface area contributed by atoms with Gasteiger partial charge in [0, 0.05) is 5.69 Å². The van der Waals surface area contributed by atoms with Gasteiger partial charge in [-0.15, -0.1) is 0 Å². The van der Waals surface area contributed by atoms with Gasteiger partial charge < -0.3 is 10.6 Å². The van der Waals surface area contributed by atoms with Gasteiger partial charge in [0.1, 0.15) is 11.8 Å². The first-order valence-electron chi connectivity index (χ1n) is 7.35. The Hall–Kier alpha value is -3.65. The van der Waals surface area contributed by atoms with Crippen LogP contribution in [0.1, 0.15) is 16.1 Å². The second-order valence-corrected chi connectivity index (χ2v) is 5.03. The lowest BCUT2D eigenvalue weighted by Crippen LogP contribution is -2.14. The first-order valence-corrected chi connectivity index (χ1v) is 7.35. The summed E-state index contributed by atoms with van der Waals surface area (Å²) in [6.45, 7) is 0. The van der Waals surface area contributed by atoms with Crippen molar-refractivity contribution in [1.29, 1.82) is 5.26 Å². The summed E-state index contributed by atoms with van der Waals surface area (Å²) in [6, 6.07) is 22.0. The van der Waals surface area contributed by atoms with Crippen LogP contribution in [-0.2, 0) is 0 Å². The minimum Gasteiger partial charge on any atom is -0.354 e. The highest BCUT2D eigenvalue weighted by atomic mass is 16.1. The largest absolute Gasteiger partial charge is 0.354 e. The molecule has 0 spiro atoms. The maximum atomic E-state index is 12.2. The lowest BCUT2D eigenvalue weighted by atomic mass is 10.2. The van der Waals surface area contributed by atoms with E-state index >= 15 is 0 Å². The highest BCUT2D eigenvalue weighted by molar-refractivity contribution is 6.03. The molecule has 0 unspecified atom stereocenters. The number of benzene rings is 2. The normalized spacial score (nSPS) is 9.79. The Balaban J connectivity index is 1.71. The average molecular weight is 314 g/mol. The molecule has 1 aromatic heterocycles. The van der Waals surface area contributed by atoms with Crippen LogP contribution in [0.5, 0.6) is 0 Å². The third-order valence-corrected chi connectivity index (χ3v) is 3.35. The predicted octanol–water partition coefficient (Wildman–Crippen LogP) is 3.95. The second kappa shape index (κ2) is 7.07. The number of nitriles is 1. The van der Waals surface area contributed by atoms with Crippen molar-refractivity contribution in [3.8, 4) is 6.07 Å². The van der Waals surface area contributed by atoms with Crippen molar-refractivity contribution < 1.29 is 4.79 Å². The number of anilines is 3. The Bertz CT molecular complexity index is 883. The van der Waals surface area contributed by atoms with Gasteiger partial charge in [-0.25, -0.2) is 4.98 Å². The minimum atomic E-state index is -0.357. The first-order chi connectivity index (χ1) is 11.8. The summed E-state index contributed by atoms with van der Waals surface area (Å²) in [4.78, 5) is 16.4. The van der Waals surface area contributed by atoms with Crippen molar-refractivity contribution in [2.45, 2.75) is 0 Å². The molecule has 24 heavy (non-hydrogen) atoms. The van der Waals surface area contributed by atoms with Crippen molar-refractivity contribution in [3.05, 3.63) is 84.2 Å². The van der Waals surface area contributed by atoms with Gasteiger partial charge in [-0.05, 0) is 36.4 Å². The van der Waals surface area contributed by atoms with Crippen molar-refractivity contribution in [1.82, 2.24) is 4.98 Å². The van der Waals surface area contributed by atoms with Crippen LogP contribution in [0.2, 0.25) is 0 Å². The zero-order valence-corrected chi connectivity index (χ0v) is 12.7. The van der Waals surface area contributed by atoms with Gasteiger partial charge in [-0.2, -0.15) is 5.26 Å². The molecule has 0 saturated heterocycles. The Labute approximate surface area is 139 Å². The molecule has 1 heterocycles. The summed E-state index contributed by atoms with van der Waals surface area (Å²) in [5, 5.41) is 15.0. The van der Waals surface area contributed by atoms with Crippen LogP contribution < -0.4 is 10.6 Å². The molecule has 1 amide bonds. The van der Waals surface area contributed by atoms with Gasteiger partial charge in [-0.3, -0.25) is 4.79 Å². The fourth-order valence-corrected chi connectivity index (χ4v) is 2.17. The summed E-state index contributed by atoms with van der Waals surface area (Å²) in [5.41, 5.74) is 2.89. The Morgan fingerprint density at radius 1 is 0.917 bits per heavy atom. The summed E-state index contributed by atoms with van der Waals surface area (Å²) in [6.07, 6.45) is 1.60. The fourth-order valence-electron chi connectivity index (χ4n) is 2.17. The standard InChI is InChI=1S/C19H14N4O/c20-12-14-6-4-5-9-17(14)23-19(24)18-11-10-16(13-21-18)22-15-7-2-1-3-8-15/h1-11,13,22H,(H,23,24). The predicted molar refractivity (Wildman–Crippen MR) is 93.1 cm³/mol. The lowest BCUT2D eigenvalue weighted by Gasteiger charge is -2.08. The molecule has 0 bridgehead atoms. The maximum absolute atomic E-state index is 12.2. The molecule has 2 aromatic carbocycles. The van der Waals surface area contributed by atoms with Gasteiger partial charge in [-0.1, -0.05) is 30.3 Å². The molecule has 0 atom stereocenters. The molecular weight excluding hydrogens is 300 g/mol. The van der Waals surface area contributed by atoms with E-state index in [1.54, 1.807) is 42.6 Å². The topological polar surface area (TPSA) is 77.8 Å². The third-order valence-electron chi connectivity index (χ3n) is 3.35. The molecule has 5 nitrogen and oxygen atoms in total. The molecule has 3 aromatic rings. The van der Waals surface area contributed by atoms with E-state index in [0.29, 0.717) is 11.3 Å². The molecule has 2 N–H and O–H groups in total. The number of nitrogens with zero attached hydrogens (tertiary/aromatic N) is 2. The van der Waals surface area contributed by atoms with Gasteiger partial charge in [0.05, 0.1) is 23.1 Å². The van der Waals surface area contributed by atoms with Gasteiger partial charge >= 0.3 is 0 Å². The highest BCUT2D eigenvalue weighted by Crippen LogP contribution is 2.17. The number of carbonyl (C=O) groups is 1. The van der Waals surface area contributed by atoms with Crippen molar-refractivity contribution in [2.24, 2.45) is 0 Å². The Kier molecular flexibility index (Phi) is 4.50. The van der Waals surface area contributed by atoms with Crippen LogP contribution in [0.25, 0.3) is 0 Å². The molecule has 0 aliphatic heterocycles. The lowest BCUT2D eigenvalue weighted by molar-refractivity contribution is 0.102. The Morgan fingerprint density at radius 2 is 1.67 bits per heavy atom. The smallest absolute Gasteiger partial charge is 0.274 e. The molecule has 0 saturated carbocycles. The SMILES string of the molecule is N#Cc1ccccc1NC(=O)c1ccc(Nc2ccccc2)cn1. The fraction of sp³-hybridized carbons (Fsp3) is 0. The zero-order valence-electron chi connectivity index (χ0n) is 12.7. The second-order valence-electron chi connectivity index (χ2n) is 5.03. The highest BCUT2D eigenvalue weighted by Gasteiger charge is 2.10. The van der Waals surface area contributed by atoms with Gasteiger partial charge in [0.15, 0.2) is 0 Å². The summed E-state index contributed by atoms with van der Waals surface area (Å²) in [7, 11) is 0. The van der Waals surface area contributed by atoms with Crippen LogP contribution in [0.15, 0.2) is 72.9 Å². The van der Waals surface area contributed by atoms with Gasteiger partial charge in [0.2, 0.25) is 0 Å². The van der Waals surface area contributed by atoms with E-state index in [4.69, 9.17) is 5.26 Å². The maximum Gasteiger partial charge on any atom is 0.274 e. The number of aromatic nitrogens is 1. The molecule has 116 valence electrons. The molecule has 0 radical (unpaired) electrons. The van der Waals surface area contributed by atoms with Gasteiger partial charge in [0.25, 0.3) is 5.91 Å². The van der Waals surface area contributed by atoms with E-state index in [0.717, 1.165) is 11.4 Å². The van der Waals surface area contributed by atoms with E-state index in [-0.39, 0.29) is 11.6 Å². The number of para-hydroxylation sites is 2. The van der Waals surface area contributed by atoms with Crippen molar-refractivity contribution in [3.63, 3.8) is 0 Å². The number of hydrogen-bond donors (Lipinski definition) is 2. The van der Waals surface area contributed by atoms with Crippen molar-refractivity contribution >= 4 is 23.0 Å².